The third kappa shape index (κ3) is 3.10. The molecule has 1 aromatic heterocycles. The Labute approximate surface area is 108 Å². The van der Waals surface area contributed by atoms with Gasteiger partial charge in [-0.05, 0) is 36.7 Å². The van der Waals surface area contributed by atoms with E-state index in [1.54, 1.807) is 23.9 Å². The summed E-state index contributed by atoms with van der Waals surface area (Å²) in [6.45, 7) is 0. The fourth-order valence-corrected chi connectivity index (χ4v) is 2.04. The molecule has 0 fully saturated rings. The van der Waals surface area contributed by atoms with Gasteiger partial charge in [-0.1, -0.05) is 0 Å². The predicted octanol–water partition coefficient (Wildman–Crippen LogP) is 3.18. The van der Waals surface area contributed by atoms with Crippen LogP contribution in [0.5, 0.6) is 0 Å². The second-order valence-corrected chi connectivity index (χ2v) is 4.87. The van der Waals surface area contributed by atoms with E-state index in [1.165, 1.54) is 0 Å². The van der Waals surface area contributed by atoms with Crippen molar-refractivity contribution in [3.63, 3.8) is 0 Å². The summed E-state index contributed by atoms with van der Waals surface area (Å²) in [6.07, 6.45) is 2.49. The van der Waals surface area contributed by atoms with Gasteiger partial charge in [0.25, 0.3) is 4.84 Å². The van der Waals surface area contributed by atoms with Crippen LogP contribution < -0.4 is 5.32 Å². The Morgan fingerprint density at radius 2 is 2.41 bits per heavy atom. The van der Waals surface area contributed by atoms with Gasteiger partial charge in [-0.15, -0.1) is 0 Å². The minimum absolute atomic E-state index is 0.0146. The van der Waals surface area contributed by atoms with Gasteiger partial charge in [0.05, 0.1) is 5.52 Å². The van der Waals surface area contributed by atoms with E-state index in [1.807, 2.05) is 12.3 Å². The molecule has 6 heteroatoms. The lowest BCUT2D eigenvalue weighted by atomic mass is 10.3. The summed E-state index contributed by atoms with van der Waals surface area (Å²) in [6, 6.07) is 5.39. The van der Waals surface area contributed by atoms with Crippen LogP contribution in [0.2, 0.25) is 0 Å². The largest absolute Gasteiger partial charge is 0.429 e. The quantitative estimate of drug-likeness (QED) is 0.836. The number of thioether (sulfide) groups is 1. The molecule has 0 unspecified atom stereocenters. The van der Waals surface area contributed by atoms with Gasteiger partial charge in [0.2, 0.25) is 5.91 Å². The highest BCUT2D eigenvalue weighted by Crippen LogP contribution is 2.18. The predicted molar refractivity (Wildman–Crippen MR) is 73.0 cm³/mol. The standard InChI is InChI=1S/C11H12N2O2S2/c1-17-5-4-10(14)12-7-2-3-9-8(6-7)13-11(16)15-9/h2-3,6H,4-5H2,1H3,(H,12,14)(H,13,16). The molecule has 0 bridgehead atoms. The number of benzene rings is 1. The lowest BCUT2D eigenvalue weighted by molar-refractivity contribution is -0.115. The lowest BCUT2D eigenvalue weighted by Crippen LogP contribution is -2.11. The Morgan fingerprint density at radius 3 is 3.18 bits per heavy atom. The molecule has 1 heterocycles. The molecule has 2 aromatic rings. The third-order valence-electron chi connectivity index (χ3n) is 2.24. The van der Waals surface area contributed by atoms with Crippen molar-refractivity contribution in [2.75, 3.05) is 17.3 Å². The SMILES string of the molecule is CSCCC(=O)Nc1ccc2oc(=S)[nH]c2c1. The van der Waals surface area contributed by atoms with E-state index in [0.717, 1.165) is 17.0 Å². The van der Waals surface area contributed by atoms with Crippen molar-refractivity contribution in [1.29, 1.82) is 0 Å². The summed E-state index contributed by atoms with van der Waals surface area (Å²) in [5.41, 5.74) is 2.23. The van der Waals surface area contributed by atoms with Crippen LogP contribution in [0.1, 0.15) is 6.42 Å². The van der Waals surface area contributed by atoms with Gasteiger partial charge in [0.15, 0.2) is 5.58 Å². The Balaban J connectivity index is 2.13. The zero-order valence-corrected chi connectivity index (χ0v) is 10.9. The van der Waals surface area contributed by atoms with E-state index in [0.29, 0.717) is 16.8 Å². The number of oxazole rings is 1. The minimum Gasteiger partial charge on any atom is -0.429 e. The molecule has 0 radical (unpaired) electrons. The summed E-state index contributed by atoms with van der Waals surface area (Å²) in [4.78, 5) is 14.8. The van der Waals surface area contributed by atoms with Gasteiger partial charge in [-0.25, -0.2) is 0 Å². The molecule has 90 valence electrons. The number of hydrogen-bond donors (Lipinski definition) is 2. The molecule has 4 nitrogen and oxygen atoms in total. The Morgan fingerprint density at radius 1 is 1.59 bits per heavy atom. The summed E-state index contributed by atoms with van der Waals surface area (Å²) in [5.74, 6) is 0.836. The lowest BCUT2D eigenvalue weighted by Gasteiger charge is -2.03. The van der Waals surface area contributed by atoms with Gasteiger partial charge in [-0.2, -0.15) is 11.8 Å². The summed E-state index contributed by atoms with van der Waals surface area (Å²) >= 11 is 6.54. The van der Waals surface area contributed by atoms with Crippen LogP contribution in [0.25, 0.3) is 11.1 Å². The number of carbonyl (C=O) groups excluding carboxylic acids is 1. The number of amides is 1. The van der Waals surface area contributed by atoms with Gasteiger partial charge >= 0.3 is 0 Å². The van der Waals surface area contributed by atoms with E-state index >= 15 is 0 Å². The number of anilines is 1. The van der Waals surface area contributed by atoms with Crippen molar-refractivity contribution in [1.82, 2.24) is 4.98 Å². The third-order valence-corrected chi connectivity index (χ3v) is 3.03. The van der Waals surface area contributed by atoms with E-state index in [4.69, 9.17) is 16.6 Å². The topological polar surface area (TPSA) is 58.0 Å². The van der Waals surface area contributed by atoms with Crippen LogP contribution in [-0.2, 0) is 4.79 Å². The average Bonchev–Trinajstić information content (AvgIpc) is 2.65. The summed E-state index contributed by atoms with van der Waals surface area (Å²) < 4.78 is 5.24. The highest BCUT2D eigenvalue weighted by Gasteiger charge is 2.04. The van der Waals surface area contributed by atoms with Crippen LogP contribution in [0.15, 0.2) is 22.6 Å². The zero-order valence-electron chi connectivity index (χ0n) is 9.28. The molecular weight excluding hydrogens is 256 g/mol. The fourth-order valence-electron chi connectivity index (χ4n) is 1.45. The van der Waals surface area contributed by atoms with Crippen molar-refractivity contribution < 1.29 is 9.21 Å². The Hall–Kier alpha value is -1.27. The van der Waals surface area contributed by atoms with Crippen LogP contribution >= 0.6 is 24.0 Å². The smallest absolute Gasteiger partial charge is 0.266 e. The molecule has 0 saturated carbocycles. The first-order valence-corrected chi connectivity index (χ1v) is 6.91. The molecule has 0 aliphatic rings. The van der Waals surface area contributed by atoms with Crippen LogP contribution in [0, 0.1) is 4.84 Å². The van der Waals surface area contributed by atoms with Gasteiger partial charge in [-0.3, -0.25) is 4.79 Å². The number of rotatable bonds is 4. The highest BCUT2D eigenvalue weighted by atomic mass is 32.2. The second kappa shape index (κ2) is 5.37. The first-order chi connectivity index (χ1) is 8.19. The average molecular weight is 268 g/mol. The van der Waals surface area contributed by atoms with Crippen molar-refractivity contribution >= 4 is 46.7 Å². The van der Waals surface area contributed by atoms with Gasteiger partial charge < -0.3 is 14.7 Å². The molecule has 2 rings (SSSR count). The number of carbonyl (C=O) groups is 1. The van der Waals surface area contributed by atoms with Crippen molar-refractivity contribution in [2.45, 2.75) is 6.42 Å². The zero-order chi connectivity index (χ0) is 12.3. The number of aromatic nitrogens is 1. The van der Waals surface area contributed by atoms with Crippen molar-refractivity contribution in [3.05, 3.63) is 23.0 Å². The van der Waals surface area contributed by atoms with E-state index < -0.39 is 0 Å². The molecule has 1 aromatic carbocycles. The first kappa shape index (κ1) is 12.2. The number of H-pyrrole nitrogens is 1. The molecule has 2 N–H and O–H groups in total. The fraction of sp³-hybridized carbons (Fsp3) is 0.273. The summed E-state index contributed by atoms with van der Waals surface area (Å²) in [7, 11) is 0. The van der Waals surface area contributed by atoms with Crippen LogP contribution in [0.3, 0.4) is 0 Å². The molecule has 0 atom stereocenters. The number of aromatic amines is 1. The minimum atomic E-state index is 0.0146. The number of fused-ring (bicyclic) bond motifs is 1. The van der Waals surface area contributed by atoms with E-state index in [-0.39, 0.29) is 5.91 Å². The normalized spacial score (nSPS) is 10.6. The molecule has 0 spiro atoms. The first-order valence-electron chi connectivity index (χ1n) is 5.11. The number of hydrogen-bond acceptors (Lipinski definition) is 4. The molecule has 0 saturated heterocycles. The summed E-state index contributed by atoms with van der Waals surface area (Å²) in [5, 5.41) is 2.83. The molecule has 0 aliphatic heterocycles. The monoisotopic (exact) mass is 268 g/mol. The molecule has 1 amide bonds. The van der Waals surface area contributed by atoms with Crippen molar-refractivity contribution in [2.24, 2.45) is 0 Å². The van der Waals surface area contributed by atoms with Crippen LogP contribution in [-0.4, -0.2) is 22.9 Å². The Bertz CT molecular complexity index is 588. The van der Waals surface area contributed by atoms with Gasteiger partial charge in [0.1, 0.15) is 0 Å². The molecule has 0 aliphatic carbocycles. The number of nitrogens with one attached hydrogen (secondary N) is 2. The maximum atomic E-state index is 11.5. The molecular formula is C11H12N2O2S2. The van der Waals surface area contributed by atoms with Gasteiger partial charge in [0, 0.05) is 17.9 Å². The van der Waals surface area contributed by atoms with E-state index in [9.17, 15) is 4.79 Å². The van der Waals surface area contributed by atoms with Crippen LogP contribution in [0.4, 0.5) is 5.69 Å². The highest BCUT2D eigenvalue weighted by molar-refractivity contribution is 7.98. The maximum absolute atomic E-state index is 11.5. The molecule has 17 heavy (non-hydrogen) atoms. The maximum Gasteiger partial charge on any atom is 0.266 e. The van der Waals surface area contributed by atoms with E-state index in [2.05, 4.69) is 10.3 Å². The second-order valence-electron chi connectivity index (χ2n) is 3.52. The Kier molecular flexibility index (Phi) is 3.86. The van der Waals surface area contributed by atoms with Crippen molar-refractivity contribution in [3.8, 4) is 0 Å².